The lowest BCUT2D eigenvalue weighted by Crippen LogP contribution is -2.30. The fourth-order valence-corrected chi connectivity index (χ4v) is 3.98. The van der Waals surface area contributed by atoms with Crippen LogP contribution in [-0.2, 0) is 4.79 Å². The number of pyridine rings is 1. The Kier molecular flexibility index (Phi) is 6.89. The van der Waals surface area contributed by atoms with Crippen LogP contribution in [0, 0.1) is 5.82 Å². The number of carboxylic acids is 1. The predicted octanol–water partition coefficient (Wildman–Crippen LogP) is 5.54. The fourth-order valence-electron chi connectivity index (χ4n) is 3.80. The molecule has 5 rings (SSSR count). The van der Waals surface area contributed by atoms with Crippen LogP contribution < -0.4 is 15.8 Å². The summed E-state index contributed by atoms with van der Waals surface area (Å²) in [6.45, 7) is 0.575. The van der Waals surface area contributed by atoms with Crippen LogP contribution in [0.1, 0.15) is 11.1 Å². The molecule has 0 bridgehead atoms. The normalized spacial score (nSPS) is 13.1. The number of halogens is 2. The van der Waals surface area contributed by atoms with Gasteiger partial charge >= 0.3 is 5.97 Å². The molecule has 0 radical (unpaired) electrons. The largest absolute Gasteiger partial charge is 0.478 e. The Labute approximate surface area is 216 Å². The van der Waals surface area contributed by atoms with Gasteiger partial charge in [-0.05, 0) is 64.7 Å². The van der Waals surface area contributed by atoms with Crippen LogP contribution in [-0.4, -0.2) is 32.6 Å². The van der Waals surface area contributed by atoms with Crippen LogP contribution in [0.5, 0.6) is 0 Å². The number of rotatable bonds is 7. The molecule has 1 aliphatic rings. The summed E-state index contributed by atoms with van der Waals surface area (Å²) in [5.41, 5.74) is 8.18. The SMILES string of the molecule is O=C(O)/C=C/c1cccc(-c2cnc(Nc3ccc(F)c(Cl)c3)nc2N2C=C(c3ccncc3)CN2)c1. The molecule has 0 spiro atoms. The molecule has 0 aliphatic carbocycles. The maximum absolute atomic E-state index is 13.6. The van der Waals surface area contributed by atoms with Gasteiger partial charge in [-0.3, -0.25) is 9.99 Å². The Morgan fingerprint density at radius 2 is 1.97 bits per heavy atom. The monoisotopic (exact) mass is 514 g/mol. The third kappa shape index (κ3) is 5.64. The van der Waals surface area contributed by atoms with Gasteiger partial charge in [0.15, 0.2) is 5.82 Å². The van der Waals surface area contributed by atoms with Crippen molar-refractivity contribution in [1.29, 1.82) is 0 Å². The van der Waals surface area contributed by atoms with E-state index in [-0.39, 0.29) is 11.0 Å². The standard InChI is InChI=1S/C27H20ClFN6O2/c28-23-13-21(5-6-24(23)29)33-27-31-15-22(19-3-1-2-17(12-19)4-7-25(36)37)26(34-27)35-16-20(14-32-35)18-8-10-30-11-9-18/h1-13,15-16,32H,14H2,(H,36,37)(H,31,33,34)/b7-4+. The number of hydrazine groups is 1. The predicted molar refractivity (Wildman–Crippen MR) is 142 cm³/mol. The van der Waals surface area contributed by atoms with Crippen LogP contribution in [0.15, 0.2) is 85.5 Å². The van der Waals surface area contributed by atoms with E-state index in [1.165, 1.54) is 18.2 Å². The van der Waals surface area contributed by atoms with Gasteiger partial charge in [-0.2, -0.15) is 4.98 Å². The average Bonchev–Trinajstić information content (AvgIpc) is 3.41. The molecule has 0 atom stereocenters. The van der Waals surface area contributed by atoms with Crippen LogP contribution in [0.2, 0.25) is 5.02 Å². The van der Waals surface area contributed by atoms with Crippen molar-refractivity contribution in [3.8, 4) is 11.1 Å². The highest BCUT2D eigenvalue weighted by molar-refractivity contribution is 6.31. The number of aromatic nitrogens is 3. The summed E-state index contributed by atoms with van der Waals surface area (Å²) in [5.74, 6) is -0.693. The van der Waals surface area contributed by atoms with Gasteiger partial charge in [0.05, 0.1) is 5.02 Å². The van der Waals surface area contributed by atoms with E-state index < -0.39 is 11.8 Å². The molecule has 0 amide bonds. The van der Waals surface area contributed by atoms with Gasteiger partial charge in [-0.15, -0.1) is 0 Å². The van der Waals surface area contributed by atoms with Crippen LogP contribution in [0.3, 0.4) is 0 Å². The van der Waals surface area contributed by atoms with Crippen molar-refractivity contribution in [2.24, 2.45) is 0 Å². The van der Waals surface area contributed by atoms with Crippen LogP contribution >= 0.6 is 11.6 Å². The van der Waals surface area contributed by atoms with Gasteiger partial charge in [-0.25, -0.2) is 19.6 Å². The number of aliphatic carboxylic acids is 1. The first-order chi connectivity index (χ1) is 18.0. The van der Waals surface area contributed by atoms with Gasteiger partial charge in [0.25, 0.3) is 0 Å². The van der Waals surface area contributed by atoms with E-state index in [1.807, 2.05) is 47.6 Å². The third-order valence-electron chi connectivity index (χ3n) is 5.56. The molecular weight excluding hydrogens is 495 g/mol. The zero-order chi connectivity index (χ0) is 25.8. The Hall–Kier alpha value is -4.60. The minimum absolute atomic E-state index is 0.0146. The number of carboxylic acid groups (broad SMARTS) is 1. The fraction of sp³-hybridized carbons (Fsp3) is 0.0370. The number of anilines is 3. The molecule has 10 heteroatoms. The van der Waals surface area contributed by atoms with Gasteiger partial charge < -0.3 is 10.4 Å². The van der Waals surface area contributed by atoms with E-state index in [0.717, 1.165) is 28.3 Å². The second kappa shape index (κ2) is 10.6. The number of benzene rings is 2. The molecule has 37 heavy (non-hydrogen) atoms. The van der Waals surface area contributed by atoms with Gasteiger partial charge in [-0.1, -0.05) is 29.8 Å². The number of hydrogen-bond acceptors (Lipinski definition) is 7. The molecule has 0 saturated heterocycles. The maximum atomic E-state index is 13.6. The summed E-state index contributed by atoms with van der Waals surface area (Å²) in [6.07, 6.45) is 9.71. The van der Waals surface area contributed by atoms with Gasteiger partial charge in [0.1, 0.15) is 5.82 Å². The summed E-state index contributed by atoms with van der Waals surface area (Å²) >= 11 is 5.93. The van der Waals surface area contributed by atoms with Crippen LogP contribution in [0.4, 0.5) is 21.8 Å². The lowest BCUT2D eigenvalue weighted by molar-refractivity contribution is -0.131. The molecule has 4 aromatic rings. The molecule has 2 aromatic carbocycles. The summed E-state index contributed by atoms with van der Waals surface area (Å²) in [7, 11) is 0. The highest BCUT2D eigenvalue weighted by Crippen LogP contribution is 2.33. The molecular formula is C27H20ClFN6O2. The Morgan fingerprint density at radius 1 is 1.14 bits per heavy atom. The first-order valence-corrected chi connectivity index (χ1v) is 11.6. The summed E-state index contributed by atoms with van der Waals surface area (Å²) < 4.78 is 13.6. The van der Waals surface area contributed by atoms with Crippen molar-refractivity contribution in [1.82, 2.24) is 20.4 Å². The molecule has 3 N–H and O–H groups in total. The van der Waals surface area contributed by atoms with E-state index in [2.05, 4.69) is 20.7 Å². The number of hydrogen-bond donors (Lipinski definition) is 3. The van der Waals surface area contributed by atoms with Crippen LogP contribution in [0.25, 0.3) is 22.8 Å². The minimum Gasteiger partial charge on any atom is -0.478 e. The van der Waals surface area contributed by atoms with E-state index in [9.17, 15) is 9.18 Å². The lowest BCUT2D eigenvalue weighted by atomic mass is 10.0. The van der Waals surface area contributed by atoms with Crippen molar-refractivity contribution >= 4 is 46.7 Å². The van der Waals surface area contributed by atoms with E-state index in [0.29, 0.717) is 23.6 Å². The lowest BCUT2D eigenvalue weighted by Gasteiger charge is -2.20. The second-order valence-electron chi connectivity index (χ2n) is 8.08. The number of nitrogens with one attached hydrogen (secondary N) is 2. The first-order valence-electron chi connectivity index (χ1n) is 11.2. The van der Waals surface area contributed by atoms with Crippen molar-refractivity contribution in [3.05, 3.63) is 107 Å². The molecule has 0 fully saturated rings. The zero-order valence-corrected chi connectivity index (χ0v) is 20.0. The molecule has 0 unspecified atom stereocenters. The smallest absolute Gasteiger partial charge is 0.328 e. The minimum atomic E-state index is -1.03. The third-order valence-corrected chi connectivity index (χ3v) is 5.85. The highest BCUT2D eigenvalue weighted by atomic mass is 35.5. The molecule has 184 valence electrons. The Balaban J connectivity index is 1.55. The first kappa shape index (κ1) is 24.1. The van der Waals surface area contributed by atoms with Crippen molar-refractivity contribution < 1.29 is 14.3 Å². The maximum Gasteiger partial charge on any atom is 0.328 e. The molecule has 8 nitrogen and oxygen atoms in total. The molecule has 2 aromatic heterocycles. The van der Waals surface area contributed by atoms with Crippen molar-refractivity contribution in [2.45, 2.75) is 0 Å². The quantitative estimate of drug-likeness (QED) is 0.276. The van der Waals surface area contributed by atoms with Gasteiger partial charge in [0.2, 0.25) is 5.95 Å². The Morgan fingerprint density at radius 3 is 2.76 bits per heavy atom. The molecule has 3 heterocycles. The van der Waals surface area contributed by atoms with E-state index in [1.54, 1.807) is 24.7 Å². The number of carbonyl (C=O) groups is 1. The zero-order valence-electron chi connectivity index (χ0n) is 19.3. The highest BCUT2D eigenvalue weighted by Gasteiger charge is 2.21. The molecule has 0 saturated carbocycles. The summed E-state index contributed by atoms with van der Waals surface area (Å²) in [6, 6.07) is 15.5. The molecule has 1 aliphatic heterocycles. The number of nitrogens with zero attached hydrogens (tertiary/aromatic N) is 4. The van der Waals surface area contributed by atoms with Gasteiger partial charge in [0, 0.05) is 48.7 Å². The average molecular weight is 515 g/mol. The van der Waals surface area contributed by atoms with E-state index >= 15 is 0 Å². The summed E-state index contributed by atoms with van der Waals surface area (Å²) in [4.78, 5) is 24.2. The Bertz CT molecular complexity index is 1530. The van der Waals surface area contributed by atoms with E-state index in [4.69, 9.17) is 21.7 Å². The van der Waals surface area contributed by atoms with Crippen molar-refractivity contribution in [2.75, 3.05) is 16.9 Å². The summed E-state index contributed by atoms with van der Waals surface area (Å²) in [5, 5.41) is 13.9. The second-order valence-corrected chi connectivity index (χ2v) is 8.48. The van der Waals surface area contributed by atoms with Crippen molar-refractivity contribution in [3.63, 3.8) is 0 Å². The topological polar surface area (TPSA) is 103 Å².